The van der Waals surface area contributed by atoms with Gasteiger partial charge in [-0.05, 0) is 81.0 Å². The summed E-state index contributed by atoms with van der Waals surface area (Å²) < 4.78 is 14.7. The third kappa shape index (κ3) is 10.1. The van der Waals surface area contributed by atoms with Crippen molar-refractivity contribution in [3.8, 4) is 11.5 Å². The van der Waals surface area contributed by atoms with Crippen molar-refractivity contribution < 1.29 is 34.0 Å². The molecule has 2 aromatic carbocycles. The molecule has 0 bridgehead atoms. The topological polar surface area (TPSA) is 102 Å². The van der Waals surface area contributed by atoms with E-state index in [-0.39, 0.29) is 18.3 Å². The summed E-state index contributed by atoms with van der Waals surface area (Å²) in [7, 11) is 2.67. The number of allylic oxidation sites excluding steroid dienone is 2. The lowest BCUT2D eigenvalue weighted by Gasteiger charge is -2.16. The van der Waals surface area contributed by atoms with E-state index in [1.54, 1.807) is 30.3 Å². The maximum absolute atomic E-state index is 11.3. The van der Waals surface area contributed by atoms with Crippen LogP contribution in [0.2, 0.25) is 0 Å². The van der Waals surface area contributed by atoms with Gasteiger partial charge in [-0.3, -0.25) is 0 Å². The van der Waals surface area contributed by atoms with Crippen molar-refractivity contribution in [2.45, 2.75) is 38.5 Å². The second kappa shape index (κ2) is 15.3. The molecule has 0 saturated heterocycles. The SMILES string of the molecule is COC(=O)c1cccc(O)c1.COC(=O)c1cccc(OCC=C2CCC2)c1.OCC=C1CCC1. The lowest BCUT2D eigenvalue weighted by Crippen LogP contribution is -2.03. The quantitative estimate of drug-likeness (QED) is 0.429. The van der Waals surface area contributed by atoms with Gasteiger partial charge >= 0.3 is 11.9 Å². The van der Waals surface area contributed by atoms with Crippen LogP contribution in [0.3, 0.4) is 0 Å². The normalized spacial score (nSPS) is 13.3. The van der Waals surface area contributed by atoms with Crippen LogP contribution in [0.4, 0.5) is 0 Å². The molecule has 7 heteroatoms. The van der Waals surface area contributed by atoms with E-state index in [4.69, 9.17) is 14.9 Å². The molecule has 0 spiro atoms. The molecule has 0 atom stereocenters. The Bertz CT molecular complexity index is 1010. The Morgan fingerprint density at radius 1 is 0.829 bits per heavy atom. The van der Waals surface area contributed by atoms with E-state index in [1.807, 2.05) is 12.1 Å². The number of aliphatic hydroxyl groups excluding tert-OH is 1. The summed E-state index contributed by atoms with van der Waals surface area (Å²) in [5.74, 6) is -0.0225. The highest BCUT2D eigenvalue weighted by atomic mass is 16.5. The summed E-state index contributed by atoms with van der Waals surface area (Å²) in [5, 5.41) is 17.3. The van der Waals surface area contributed by atoms with Crippen LogP contribution in [0.25, 0.3) is 0 Å². The molecule has 0 amide bonds. The molecule has 0 unspecified atom stereocenters. The Morgan fingerprint density at radius 3 is 1.83 bits per heavy atom. The Hall–Kier alpha value is -3.58. The van der Waals surface area contributed by atoms with Crippen LogP contribution in [0, 0.1) is 0 Å². The number of phenolic OH excluding ortho intramolecular Hbond substituents is 1. The first-order valence-corrected chi connectivity index (χ1v) is 11.6. The van der Waals surface area contributed by atoms with Crippen LogP contribution in [-0.4, -0.2) is 49.6 Å². The summed E-state index contributed by atoms with van der Waals surface area (Å²) in [6.45, 7) is 0.801. The molecule has 35 heavy (non-hydrogen) atoms. The van der Waals surface area contributed by atoms with E-state index in [2.05, 4.69) is 15.5 Å². The van der Waals surface area contributed by atoms with Gasteiger partial charge in [0.25, 0.3) is 0 Å². The van der Waals surface area contributed by atoms with Gasteiger partial charge in [0.2, 0.25) is 0 Å². The van der Waals surface area contributed by atoms with E-state index in [1.165, 1.54) is 76.0 Å². The average Bonchev–Trinajstić information content (AvgIpc) is 2.83. The number of aliphatic hydroxyl groups is 1. The Morgan fingerprint density at radius 2 is 1.37 bits per heavy atom. The number of carbonyl (C=O) groups excluding carboxylic acids is 2. The minimum atomic E-state index is -0.444. The van der Waals surface area contributed by atoms with Gasteiger partial charge in [0, 0.05) is 0 Å². The van der Waals surface area contributed by atoms with Crippen LogP contribution < -0.4 is 4.74 Å². The lowest BCUT2D eigenvalue weighted by molar-refractivity contribution is 0.0591. The van der Waals surface area contributed by atoms with Crippen molar-refractivity contribution >= 4 is 11.9 Å². The predicted octanol–water partition coefficient (Wildman–Crippen LogP) is 5.23. The van der Waals surface area contributed by atoms with Gasteiger partial charge in [0.15, 0.2) is 0 Å². The summed E-state index contributed by atoms with van der Waals surface area (Å²) >= 11 is 0. The van der Waals surface area contributed by atoms with Crippen molar-refractivity contribution in [1.29, 1.82) is 0 Å². The molecule has 7 nitrogen and oxygen atoms in total. The number of methoxy groups -OCH3 is 2. The number of hydrogen-bond donors (Lipinski definition) is 2. The molecule has 2 fully saturated rings. The Kier molecular flexibility index (Phi) is 12.1. The zero-order valence-corrected chi connectivity index (χ0v) is 20.4. The number of aromatic hydroxyl groups is 1. The molecule has 0 heterocycles. The third-order valence-electron chi connectivity index (χ3n) is 5.52. The maximum Gasteiger partial charge on any atom is 0.337 e. The molecular formula is C28H34O7. The van der Waals surface area contributed by atoms with Gasteiger partial charge < -0.3 is 24.4 Å². The molecule has 2 aliphatic carbocycles. The summed E-state index contributed by atoms with van der Waals surface area (Å²) in [6.07, 6.45) is 11.5. The van der Waals surface area contributed by atoms with Crippen molar-refractivity contribution in [2.75, 3.05) is 27.4 Å². The molecule has 0 aliphatic heterocycles. The fourth-order valence-electron chi connectivity index (χ4n) is 3.14. The standard InChI is InChI=1S/C14H16O3.C8H8O3.C6H10O/c1-16-14(15)12-6-3-7-13(10-12)17-9-8-11-4-2-5-11;1-11-8(10)6-3-2-4-7(9)5-6;7-5-4-6-2-1-3-6/h3,6-8,10H,2,4-5,9H2,1H3;2-5,9H,1H3;4,7H,1-3,5H2. The second-order valence-corrected chi connectivity index (χ2v) is 7.99. The minimum absolute atomic E-state index is 0.0629. The van der Waals surface area contributed by atoms with Crippen LogP contribution >= 0.6 is 0 Å². The largest absolute Gasteiger partial charge is 0.508 e. The van der Waals surface area contributed by atoms with Gasteiger partial charge in [-0.1, -0.05) is 29.4 Å². The van der Waals surface area contributed by atoms with Gasteiger partial charge in [0.05, 0.1) is 32.0 Å². The predicted molar refractivity (Wildman–Crippen MR) is 134 cm³/mol. The average molecular weight is 483 g/mol. The first-order chi connectivity index (χ1) is 17.0. The molecule has 0 radical (unpaired) electrons. The number of phenols is 1. The highest BCUT2D eigenvalue weighted by molar-refractivity contribution is 5.90. The Balaban J connectivity index is 0.000000205. The first kappa shape index (κ1) is 27.7. The van der Waals surface area contributed by atoms with E-state index < -0.39 is 5.97 Å². The molecule has 188 valence electrons. The molecule has 2 N–H and O–H groups in total. The van der Waals surface area contributed by atoms with Crippen LogP contribution in [0.5, 0.6) is 11.5 Å². The van der Waals surface area contributed by atoms with Gasteiger partial charge in [-0.2, -0.15) is 0 Å². The fraction of sp³-hybridized carbons (Fsp3) is 0.357. The number of esters is 2. The number of hydrogen-bond acceptors (Lipinski definition) is 7. The van der Waals surface area contributed by atoms with Crippen molar-refractivity contribution in [3.05, 3.63) is 83.0 Å². The lowest BCUT2D eigenvalue weighted by atomic mass is 9.92. The molecule has 4 rings (SSSR count). The fourth-order valence-corrected chi connectivity index (χ4v) is 3.14. The third-order valence-corrected chi connectivity index (χ3v) is 5.52. The van der Waals surface area contributed by atoms with E-state index in [0.29, 0.717) is 23.5 Å². The maximum atomic E-state index is 11.3. The molecule has 2 aliphatic rings. The molecule has 2 saturated carbocycles. The smallest absolute Gasteiger partial charge is 0.337 e. The molecule has 0 aromatic heterocycles. The molecule has 2 aromatic rings. The zero-order valence-electron chi connectivity index (χ0n) is 20.4. The summed E-state index contributed by atoms with van der Waals surface area (Å²) in [4.78, 5) is 22.1. The number of ether oxygens (including phenoxy) is 3. The van der Waals surface area contributed by atoms with Crippen molar-refractivity contribution in [1.82, 2.24) is 0 Å². The van der Waals surface area contributed by atoms with Gasteiger partial charge in [0.1, 0.15) is 18.1 Å². The van der Waals surface area contributed by atoms with Crippen molar-refractivity contribution in [3.63, 3.8) is 0 Å². The van der Waals surface area contributed by atoms with E-state index in [9.17, 15) is 9.59 Å². The molecular weight excluding hydrogens is 448 g/mol. The number of rotatable bonds is 6. The first-order valence-electron chi connectivity index (χ1n) is 11.6. The van der Waals surface area contributed by atoms with E-state index in [0.717, 1.165) is 0 Å². The summed E-state index contributed by atoms with van der Waals surface area (Å²) in [6, 6.07) is 13.0. The van der Waals surface area contributed by atoms with Gasteiger partial charge in [-0.15, -0.1) is 0 Å². The van der Waals surface area contributed by atoms with Crippen LogP contribution in [-0.2, 0) is 9.47 Å². The summed E-state index contributed by atoms with van der Waals surface area (Å²) in [5.41, 5.74) is 3.77. The highest BCUT2D eigenvalue weighted by Gasteiger charge is 2.08. The van der Waals surface area contributed by atoms with E-state index >= 15 is 0 Å². The Labute approximate surface area is 206 Å². The van der Waals surface area contributed by atoms with Gasteiger partial charge in [-0.25, -0.2) is 9.59 Å². The number of carbonyl (C=O) groups is 2. The monoisotopic (exact) mass is 482 g/mol. The highest BCUT2D eigenvalue weighted by Crippen LogP contribution is 2.25. The number of benzene rings is 2. The van der Waals surface area contributed by atoms with Crippen LogP contribution in [0.15, 0.2) is 71.8 Å². The zero-order chi connectivity index (χ0) is 25.5. The minimum Gasteiger partial charge on any atom is -0.508 e. The van der Waals surface area contributed by atoms with Crippen molar-refractivity contribution in [2.24, 2.45) is 0 Å². The van der Waals surface area contributed by atoms with Crippen LogP contribution in [0.1, 0.15) is 59.2 Å². The second-order valence-electron chi connectivity index (χ2n) is 7.99.